The molecule has 2 N–H and O–H groups in total. The van der Waals surface area contributed by atoms with Gasteiger partial charge in [-0.05, 0) is 6.92 Å². The van der Waals surface area contributed by atoms with E-state index in [-0.39, 0.29) is 11.2 Å². The molecule has 36 valence electrons. The first kappa shape index (κ1) is 5.82. The maximum atomic E-state index is 9.84. The number of rotatable bonds is 1. The SMILES string of the molecule is C[C@@H](S)C(N)=O. The van der Waals surface area contributed by atoms with Gasteiger partial charge >= 0.3 is 0 Å². The summed E-state index contributed by atoms with van der Waals surface area (Å²) < 4.78 is 0. The molecule has 0 saturated heterocycles. The summed E-state index contributed by atoms with van der Waals surface area (Å²) in [6, 6.07) is 0. The van der Waals surface area contributed by atoms with Gasteiger partial charge in [-0.2, -0.15) is 12.6 Å². The Balaban J connectivity index is 3.26. The van der Waals surface area contributed by atoms with Crippen molar-refractivity contribution in [2.45, 2.75) is 12.2 Å². The fourth-order valence-corrected chi connectivity index (χ4v) is 0. The minimum atomic E-state index is -0.377. The second-order valence-electron chi connectivity index (χ2n) is 1.08. The summed E-state index contributed by atoms with van der Waals surface area (Å²) in [5.41, 5.74) is 4.72. The maximum absolute atomic E-state index is 9.84. The van der Waals surface area contributed by atoms with E-state index in [4.69, 9.17) is 5.73 Å². The third kappa shape index (κ3) is 2.08. The van der Waals surface area contributed by atoms with Gasteiger partial charge in [0.2, 0.25) is 5.91 Å². The van der Waals surface area contributed by atoms with Crippen molar-refractivity contribution >= 4 is 18.5 Å². The Kier molecular flexibility index (Phi) is 2.01. The quantitative estimate of drug-likeness (QED) is 0.445. The molecular formula is C3H7NOS. The van der Waals surface area contributed by atoms with E-state index < -0.39 is 0 Å². The molecule has 0 rings (SSSR count). The fourth-order valence-electron chi connectivity index (χ4n) is 0. The van der Waals surface area contributed by atoms with Crippen molar-refractivity contribution in [1.29, 1.82) is 0 Å². The van der Waals surface area contributed by atoms with E-state index in [9.17, 15) is 4.79 Å². The van der Waals surface area contributed by atoms with Gasteiger partial charge in [0.05, 0.1) is 5.25 Å². The molecule has 0 aliphatic rings. The van der Waals surface area contributed by atoms with Crippen molar-refractivity contribution in [3.05, 3.63) is 0 Å². The van der Waals surface area contributed by atoms with Crippen LogP contribution in [0.4, 0.5) is 0 Å². The van der Waals surface area contributed by atoms with Crippen molar-refractivity contribution in [2.75, 3.05) is 0 Å². The largest absolute Gasteiger partial charge is 0.369 e. The van der Waals surface area contributed by atoms with Gasteiger partial charge in [-0.15, -0.1) is 0 Å². The fraction of sp³-hybridized carbons (Fsp3) is 0.667. The molecule has 0 aromatic rings. The molecule has 0 radical (unpaired) electrons. The molecule has 1 atom stereocenters. The molecule has 0 aliphatic heterocycles. The van der Waals surface area contributed by atoms with E-state index in [1.54, 1.807) is 6.92 Å². The van der Waals surface area contributed by atoms with Crippen LogP contribution in [0.2, 0.25) is 0 Å². The molecule has 0 bridgehead atoms. The van der Waals surface area contributed by atoms with Crippen LogP contribution in [0.5, 0.6) is 0 Å². The Labute approximate surface area is 42.1 Å². The molecule has 0 aliphatic carbocycles. The van der Waals surface area contributed by atoms with Crippen LogP contribution in [-0.4, -0.2) is 11.2 Å². The molecule has 0 heterocycles. The zero-order valence-electron chi connectivity index (χ0n) is 3.51. The van der Waals surface area contributed by atoms with Gasteiger partial charge in [0, 0.05) is 0 Å². The van der Waals surface area contributed by atoms with Crippen molar-refractivity contribution in [1.82, 2.24) is 0 Å². The van der Waals surface area contributed by atoms with Gasteiger partial charge in [-0.3, -0.25) is 4.79 Å². The number of nitrogens with two attached hydrogens (primary N) is 1. The molecule has 0 unspecified atom stereocenters. The first-order valence-electron chi connectivity index (χ1n) is 1.62. The number of amides is 1. The Bertz CT molecular complexity index is 61.8. The number of primary amides is 1. The highest BCUT2D eigenvalue weighted by Crippen LogP contribution is 1.86. The molecule has 6 heavy (non-hydrogen) atoms. The molecule has 3 heteroatoms. The highest BCUT2D eigenvalue weighted by molar-refractivity contribution is 7.81. The predicted molar refractivity (Wildman–Crippen MR) is 27.6 cm³/mol. The maximum Gasteiger partial charge on any atom is 0.229 e. The second kappa shape index (κ2) is 2.08. The van der Waals surface area contributed by atoms with E-state index in [0.29, 0.717) is 0 Å². The van der Waals surface area contributed by atoms with E-state index in [1.165, 1.54) is 0 Å². The summed E-state index contributed by atoms with van der Waals surface area (Å²) in [5, 5.41) is -0.315. The summed E-state index contributed by atoms with van der Waals surface area (Å²) >= 11 is 3.72. The Morgan fingerprint density at radius 1 is 2.00 bits per heavy atom. The zero-order chi connectivity index (χ0) is 5.15. The van der Waals surface area contributed by atoms with Crippen LogP contribution in [0.3, 0.4) is 0 Å². The standard InChI is InChI=1S/C3H7NOS/c1-2(6)3(4)5/h2,6H,1H3,(H2,4,5)/t2-/m1/s1. The van der Waals surface area contributed by atoms with Gasteiger partial charge in [0.15, 0.2) is 0 Å². The lowest BCUT2D eigenvalue weighted by atomic mass is 10.5. The predicted octanol–water partition coefficient (Wildman–Crippen LogP) is -0.210. The first-order valence-corrected chi connectivity index (χ1v) is 2.13. The van der Waals surface area contributed by atoms with Gasteiger partial charge < -0.3 is 5.73 Å². The zero-order valence-corrected chi connectivity index (χ0v) is 4.40. The molecule has 0 fully saturated rings. The van der Waals surface area contributed by atoms with Crippen LogP contribution in [-0.2, 0) is 4.79 Å². The van der Waals surface area contributed by atoms with Crippen LogP contribution >= 0.6 is 12.6 Å². The lowest BCUT2D eigenvalue weighted by molar-refractivity contribution is -0.117. The topological polar surface area (TPSA) is 43.1 Å². The Hall–Kier alpha value is -0.180. The van der Waals surface area contributed by atoms with E-state index in [2.05, 4.69) is 12.6 Å². The molecule has 2 nitrogen and oxygen atoms in total. The Morgan fingerprint density at radius 2 is 2.17 bits per heavy atom. The average Bonchev–Trinajstić information content (AvgIpc) is 1.36. The third-order valence-corrected chi connectivity index (χ3v) is 0.666. The van der Waals surface area contributed by atoms with Gasteiger partial charge in [0.1, 0.15) is 0 Å². The van der Waals surface area contributed by atoms with Crippen molar-refractivity contribution in [2.24, 2.45) is 5.73 Å². The summed E-state index contributed by atoms with van der Waals surface area (Å²) in [6.45, 7) is 1.63. The first-order chi connectivity index (χ1) is 2.64. The summed E-state index contributed by atoms with van der Waals surface area (Å²) in [5.74, 6) is -0.377. The lowest BCUT2D eigenvalue weighted by Crippen LogP contribution is -2.20. The highest BCUT2D eigenvalue weighted by atomic mass is 32.1. The van der Waals surface area contributed by atoms with Gasteiger partial charge in [0.25, 0.3) is 0 Å². The van der Waals surface area contributed by atoms with Gasteiger partial charge in [-0.25, -0.2) is 0 Å². The third-order valence-electron chi connectivity index (χ3n) is 0.412. The molecule has 0 aromatic carbocycles. The van der Waals surface area contributed by atoms with Crippen LogP contribution in [0.1, 0.15) is 6.92 Å². The highest BCUT2D eigenvalue weighted by Gasteiger charge is 1.97. The average molecular weight is 105 g/mol. The van der Waals surface area contributed by atoms with E-state index in [0.717, 1.165) is 0 Å². The van der Waals surface area contributed by atoms with E-state index >= 15 is 0 Å². The van der Waals surface area contributed by atoms with Crippen LogP contribution < -0.4 is 5.73 Å². The smallest absolute Gasteiger partial charge is 0.229 e. The number of thiol groups is 1. The summed E-state index contributed by atoms with van der Waals surface area (Å²) in [6.07, 6.45) is 0. The molecule has 0 spiro atoms. The van der Waals surface area contributed by atoms with Crippen LogP contribution in [0.15, 0.2) is 0 Å². The number of carbonyl (C=O) groups excluding carboxylic acids is 1. The van der Waals surface area contributed by atoms with Crippen molar-refractivity contribution in [3.63, 3.8) is 0 Å². The molecule has 0 aromatic heterocycles. The molecule has 0 saturated carbocycles. The normalized spacial score (nSPS) is 13.7. The summed E-state index contributed by atoms with van der Waals surface area (Å²) in [7, 11) is 0. The second-order valence-corrected chi connectivity index (χ2v) is 1.85. The number of carbonyl (C=O) groups is 1. The number of hydrogen-bond donors (Lipinski definition) is 2. The monoisotopic (exact) mass is 105 g/mol. The van der Waals surface area contributed by atoms with Crippen LogP contribution in [0.25, 0.3) is 0 Å². The van der Waals surface area contributed by atoms with Crippen molar-refractivity contribution in [3.8, 4) is 0 Å². The molecular weight excluding hydrogens is 98.1 g/mol. The van der Waals surface area contributed by atoms with Crippen LogP contribution in [0, 0.1) is 0 Å². The van der Waals surface area contributed by atoms with Gasteiger partial charge in [-0.1, -0.05) is 0 Å². The summed E-state index contributed by atoms with van der Waals surface area (Å²) in [4.78, 5) is 9.84. The lowest BCUT2D eigenvalue weighted by Gasteiger charge is -1.90. The number of hydrogen-bond acceptors (Lipinski definition) is 2. The molecule has 1 amide bonds. The minimum Gasteiger partial charge on any atom is -0.369 e. The van der Waals surface area contributed by atoms with E-state index in [1.807, 2.05) is 0 Å². The minimum absolute atomic E-state index is 0.315. The Morgan fingerprint density at radius 3 is 2.17 bits per heavy atom. The van der Waals surface area contributed by atoms with Crippen molar-refractivity contribution < 1.29 is 4.79 Å².